The van der Waals surface area contributed by atoms with Crippen molar-refractivity contribution < 1.29 is 61.6 Å². The maximum Gasteiger partial charge on any atom is 0.243 e. The number of β-amino-alcohol motifs (C(OH)–C–C–N with tert-alkyl or cyclic N) is 1. The Morgan fingerprint density at radius 2 is 1.66 bits per heavy atom. The van der Waals surface area contributed by atoms with Gasteiger partial charge in [-0.05, 0) is 49.6 Å². The fraction of sp³-hybridized carbons (Fsp3) is 0.474. The summed E-state index contributed by atoms with van der Waals surface area (Å²) in [6, 6.07) is 11.6. The standard InChI is InChI=1S/C57H69ClF2N10O11S/c1-33(2)48(46-26-34(3)66-81-46)56(76)70-31-39(72)28-43(70)55(75)62-30-38-11-10-37(53-35(4)63-32-82-53)27-45(38)80-25-24-79-23-22-78-21-20-77-19-18-67(6)47(74)12-13-61-57-64-52-40(54(65-57)69-16-14-68(15-17-69)36(5)71)29-41(58)49(51(52)60)50-42(59)8-7-9-44(50)73/h7-11,26-27,29,32-33,39,43,48,72-73H,12-25,28,30-31H2,1-6H3,(H,62,75)(H,61,64,65)/t39-,43+,48+/m1/s1. The molecular weight excluding hydrogens is 1110 g/mol. The Balaban J connectivity index is 0.754. The number of ether oxygens (including phenoxy) is 4. The zero-order valence-electron chi connectivity index (χ0n) is 46.7. The number of aromatic nitrogens is 4. The lowest BCUT2D eigenvalue weighted by Gasteiger charge is -2.35. The van der Waals surface area contributed by atoms with Gasteiger partial charge in [-0.1, -0.05) is 48.8 Å². The predicted molar refractivity (Wildman–Crippen MR) is 304 cm³/mol. The fourth-order valence-electron chi connectivity index (χ4n) is 9.88. The number of nitrogens with one attached hydrogen (secondary N) is 2. The molecule has 82 heavy (non-hydrogen) atoms. The van der Waals surface area contributed by atoms with E-state index in [1.54, 1.807) is 30.4 Å². The summed E-state index contributed by atoms with van der Waals surface area (Å²) in [5.74, 6) is -2.82. The highest BCUT2D eigenvalue weighted by Gasteiger charge is 2.43. The molecule has 6 aromatic rings. The topological polar surface area (TPSA) is 247 Å². The number of thiazole rings is 1. The van der Waals surface area contributed by atoms with E-state index in [1.165, 1.54) is 46.3 Å². The van der Waals surface area contributed by atoms with Gasteiger partial charge in [-0.2, -0.15) is 4.98 Å². The first-order chi connectivity index (χ1) is 39.4. The lowest BCUT2D eigenvalue weighted by Crippen LogP contribution is -2.48. The maximum atomic E-state index is 16.5. The van der Waals surface area contributed by atoms with Crippen molar-refractivity contribution >= 4 is 69.2 Å². The molecule has 0 radical (unpaired) electrons. The number of anilines is 2. The van der Waals surface area contributed by atoms with Gasteiger partial charge in [0.2, 0.25) is 29.6 Å². The lowest BCUT2D eigenvalue weighted by molar-refractivity contribution is -0.141. The fourth-order valence-corrected chi connectivity index (χ4v) is 11.0. The van der Waals surface area contributed by atoms with Crippen LogP contribution >= 0.6 is 22.9 Å². The van der Waals surface area contributed by atoms with Gasteiger partial charge >= 0.3 is 0 Å². The van der Waals surface area contributed by atoms with Crippen LogP contribution in [-0.4, -0.2) is 180 Å². The number of hydrogen-bond donors (Lipinski definition) is 4. The summed E-state index contributed by atoms with van der Waals surface area (Å²) in [5.41, 5.74) is 3.97. The molecule has 0 aliphatic carbocycles. The molecular formula is C57H69ClF2N10O11S. The Bertz CT molecular complexity index is 3190. The molecule has 4 N–H and O–H groups in total. The molecule has 2 aliphatic rings. The number of aliphatic hydroxyl groups excluding tert-OH is 1. The number of amides is 4. The number of piperazine rings is 1. The third-order valence-corrected chi connectivity index (χ3v) is 15.5. The van der Waals surface area contributed by atoms with Crippen LogP contribution in [0.15, 0.2) is 58.6 Å². The van der Waals surface area contributed by atoms with Gasteiger partial charge in [0.1, 0.15) is 53.0 Å². The minimum atomic E-state index is -0.962. The van der Waals surface area contributed by atoms with Crippen molar-refractivity contribution in [3.05, 3.63) is 93.4 Å². The number of aliphatic hydroxyl groups is 1. The molecule has 3 atom stereocenters. The van der Waals surface area contributed by atoms with E-state index < -0.39 is 46.9 Å². The van der Waals surface area contributed by atoms with Crippen molar-refractivity contribution in [3.8, 4) is 33.1 Å². The average Bonchev–Trinajstić information content (AvgIpc) is 3.65. The largest absolute Gasteiger partial charge is 0.507 e. The molecule has 0 spiro atoms. The van der Waals surface area contributed by atoms with Crippen molar-refractivity contribution in [2.24, 2.45) is 5.92 Å². The number of aromatic hydroxyl groups is 1. The van der Waals surface area contributed by atoms with E-state index in [0.29, 0.717) is 81.1 Å². The Labute approximate surface area is 482 Å². The number of phenolic OH excluding ortho intramolecular Hbond substituents is 1. The second-order valence-electron chi connectivity index (χ2n) is 20.4. The van der Waals surface area contributed by atoms with E-state index >= 15 is 8.78 Å². The van der Waals surface area contributed by atoms with E-state index in [-0.39, 0.29) is 110 Å². The van der Waals surface area contributed by atoms with Gasteiger partial charge in [-0.25, -0.2) is 18.7 Å². The van der Waals surface area contributed by atoms with Crippen molar-refractivity contribution in [1.29, 1.82) is 0 Å². The summed E-state index contributed by atoms with van der Waals surface area (Å²) in [6.07, 6.45) is -0.723. The molecule has 440 valence electrons. The Kier molecular flexibility index (Phi) is 21.0. The van der Waals surface area contributed by atoms with Crippen LogP contribution in [0, 0.1) is 31.4 Å². The summed E-state index contributed by atoms with van der Waals surface area (Å²) in [4.78, 5) is 73.9. The number of carbonyl (C=O) groups is 4. The van der Waals surface area contributed by atoms with Crippen LogP contribution in [0.3, 0.4) is 0 Å². The number of hydrogen-bond acceptors (Lipinski definition) is 18. The van der Waals surface area contributed by atoms with Gasteiger partial charge in [-0.3, -0.25) is 19.2 Å². The van der Waals surface area contributed by atoms with E-state index in [2.05, 4.69) is 30.7 Å². The maximum absolute atomic E-state index is 16.5. The highest BCUT2D eigenvalue weighted by Crippen LogP contribution is 2.43. The van der Waals surface area contributed by atoms with Gasteiger partial charge in [0.15, 0.2) is 5.82 Å². The van der Waals surface area contributed by atoms with Crippen LogP contribution in [0.1, 0.15) is 62.2 Å². The van der Waals surface area contributed by atoms with E-state index in [4.69, 9.17) is 35.1 Å². The first kappa shape index (κ1) is 61.0. The molecule has 0 bridgehead atoms. The molecule has 25 heteroatoms. The minimum Gasteiger partial charge on any atom is -0.507 e. The number of likely N-dealkylation sites (tertiary alicyclic amines) is 1. The first-order valence-electron chi connectivity index (χ1n) is 27.1. The average molecular weight is 1180 g/mol. The zero-order valence-corrected chi connectivity index (χ0v) is 48.3. The molecule has 2 fully saturated rings. The number of fused-ring (bicyclic) bond motifs is 1. The highest BCUT2D eigenvalue weighted by atomic mass is 35.5. The summed E-state index contributed by atoms with van der Waals surface area (Å²) >= 11 is 8.09. The van der Waals surface area contributed by atoms with Crippen molar-refractivity contribution in [2.75, 3.05) is 109 Å². The minimum absolute atomic E-state index is 0.0134. The van der Waals surface area contributed by atoms with Crippen LogP contribution in [0.4, 0.5) is 20.5 Å². The molecule has 0 saturated carbocycles. The zero-order chi connectivity index (χ0) is 58.6. The van der Waals surface area contributed by atoms with Gasteiger partial charge in [0, 0.05) is 102 Å². The number of aryl methyl sites for hydroxylation is 2. The molecule has 4 amide bonds. The number of nitrogens with zero attached hydrogens (tertiary/aromatic N) is 8. The molecule has 2 aliphatic heterocycles. The van der Waals surface area contributed by atoms with Crippen molar-refractivity contribution in [2.45, 2.75) is 72.1 Å². The molecule has 5 heterocycles. The third kappa shape index (κ3) is 14.9. The SMILES string of the molecule is CC(=O)N1CCN(c2nc(NCCC(=O)N(C)CCOCCOCCOCCOc3cc(-c4scnc4C)ccc3CNC(=O)[C@@H]3C[C@@H](O)CN3C(=O)[C@H](c3cc(C)no3)C(C)C)nc3c(F)c(-c4c(O)cccc4F)c(Cl)cc23)CC1. The quantitative estimate of drug-likeness (QED) is 0.0411. The smallest absolute Gasteiger partial charge is 0.243 e. The number of rotatable bonds is 26. The normalized spacial score (nSPS) is 15.8. The third-order valence-electron chi connectivity index (χ3n) is 14.3. The number of phenols is 1. The number of halogens is 3. The Morgan fingerprint density at radius 3 is 2.32 bits per heavy atom. The molecule has 2 saturated heterocycles. The van der Waals surface area contributed by atoms with Gasteiger partial charge in [0.25, 0.3) is 0 Å². The second-order valence-corrected chi connectivity index (χ2v) is 21.7. The van der Waals surface area contributed by atoms with E-state index in [9.17, 15) is 29.4 Å². The monoisotopic (exact) mass is 1170 g/mol. The van der Waals surface area contributed by atoms with Crippen LogP contribution in [-0.2, 0) is 39.9 Å². The number of carbonyl (C=O) groups excluding carboxylic acids is 4. The van der Waals surface area contributed by atoms with Gasteiger partial charge < -0.3 is 63.9 Å². The molecule has 3 aromatic heterocycles. The van der Waals surface area contributed by atoms with E-state index in [1.807, 2.05) is 43.9 Å². The summed E-state index contributed by atoms with van der Waals surface area (Å²) in [5, 5.41) is 31.2. The number of benzene rings is 3. The highest BCUT2D eigenvalue weighted by molar-refractivity contribution is 7.13. The van der Waals surface area contributed by atoms with Gasteiger partial charge in [0.05, 0.1) is 78.1 Å². The lowest BCUT2D eigenvalue weighted by atomic mass is 9.91. The van der Waals surface area contributed by atoms with Crippen LogP contribution in [0.2, 0.25) is 5.02 Å². The summed E-state index contributed by atoms with van der Waals surface area (Å²) in [7, 11) is 1.65. The molecule has 8 rings (SSSR count). The summed E-state index contributed by atoms with van der Waals surface area (Å²) in [6.45, 7) is 13.0. The van der Waals surface area contributed by atoms with Crippen LogP contribution in [0.25, 0.3) is 32.5 Å². The van der Waals surface area contributed by atoms with Gasteiger partial charge in [-0.15, -0.1) is 11.3 Å². The Morgan fingerprint density at radius 1 is 0.939 bits per heavy atom. The molecule has 3 aromatic carbocycles. The number of likely N-dealkylation sites (N-methyl/N-ethyl adjacent to an activating group) is 1. The first-order valence-corrected chi connectivity index (χ1v) is 28.4. The summed E-state index contributed by atoms with van der Waals surface area (Å²) < 4.78 is 60.4. The van der Waals surface area contributed by atoms with E-state index in [0.717, 1.165) is 22.2 Å². The second kappa shape index (κ2) is 28.3. The Hall–Kier alpha value is -7.09. The van der Waals surface area contributed by atoms with Crippen molar-refractivity contribution in [3.63, 3.8) is 0 Å². The van der Waals surface area contributed by atoms with Crippen molar-refractivity contribution in [1.82, 2.24) is 40.1 Å². The van der Waals surface area contributed by atoms with Crippen LogP contribution < -0.4 is 20.3 Å². The van der Waals surface area contributed by atoms with Crippen LogP contribution in [0.5, 0.6) is 11.5 Å². The predicted octanol–water partition coefficient (Wildman–Crippen LogP) is 6.74. The molecule has 21 nitrogen and oxygen atoms in total. The molecule has 0 unspecified atom stereocenters.